The van der Waals surface area contributed by atoms with E-state index >= 15 is 0 Å². The number of anilines is 1. The first kappa shape index (κ1) is 14.1. The summed E-state index contributed by atoms with van der Waals surface area (Å²) in [5.41, 5.74) is 5.40. The highest BCUT2D eigenvalue weighted by molar-refractivity contribution is 5.75. The van der Waals surface area contributed by atoms with Gasteiger partial charge >= 0.3 is 0 Å². The number of hydrogen-bond acceptors (Lipinski definition) is 2. The van der Waals surface area contributed by atoms with Crippen molar-refractivity contribution in [1.29, 1.82) is 0 Å². The van der Waals surface area contributed by atoms with Gasteiger partial charge in [0.1, 0.15) is 6.29 Å². The van der Waals surface area contributed by atoms with Gasteiger partial charge < -0.3 is 5.32 Å². The summed E-state index contributed by atoms with van der Waals surface area (Å²) in [7, 11) is 0. The van der Waals surface area contributed by atoms with Crippen molar-refractivity contribution in [3.63, 3.8) is 0 Å². The van der Waals surface area contributed by atoms with Gasteiger partial charge in [-0.05, 0) is 41.0 Å². The quantitative estimate of drug-likeness (QED) is 0.684. The zero-order valence-electron chi connectivity index (χ0n) is 12.2. The predicted octanol–water partition coefficient (Wildman–Crippen LogP) is 4.78. The number of rotatable bonds is 5. The van der Waals surface area contributed by atoms with Gasteiger partial charge in [-0.15, -0.1) is 0 Å². The summed E-state index contributed by atoms with van der Waals surface area (Å²) in [5.74, 6) is 0. The van der Waals surface area contributed by atoms with E-state index in [4.69, 9.17) is 0 Å². The first-order valence-corrected chi connectivity index (χ1v) is 7.29. The highest BCUT2D eigenvalue weighted by atomic mass is 16.1. The van der Waals surface area contributed by atoms with Crippen LogP contribution in [0, 0.1) is 0 Å². The van der Waals surface area contributed by atoms with Crippen molar-refractivity contribution in [3.8, 4) is 11.1 Å². The number of nitrogens with one attached hydrogen (secondary N) is 1. The van der Waals surface area contributed by atoms with Crippen molar-refractivity contribution in [3.05, 3.63) is 90.0 Å². The highest BCUT2D eigenvalue weighted by Crippen LogP contribution is 2.24. The van der Waals surface area contributed by atoms with E-state index in [2.05, 4.69) is 53.8 Å². The average Bonchev–Trinajstić information content (AvgIpc) is 2.61. The van der Waals surface area contributed by atoms with Crippen LogP contribution in [0.5, 0.6) is 0 Å². The number of aldehydes is 1. The molecule has 0 spiro atoms. The zero-order chi connectivity index (χ0) is 15.2. The van der Waals surface area contributed by atoms with E-state index in [1.54, 1.807) is 0 Å². The Bertz CT molecular complexity index is 748. The van der Waals surface area contributed by atoms with Gasteiger partial charge in [0.25, 0.3) is 0 Å². The molecule has 0 aliphatic heterocycles. The van der Waals surface area contributed by atoms with Gasteiger partial charge in [0.2, 0.25) is 0 Å². The zero-order valence-corrected chi connectivity index (χ0v) is 12.2. The molecular weight excluding hydrogens is 270 g/mol. The molecule has 0 amide bonds. The Labute approximate surface area is 130 Å². The van der Waals surface area contributed by atoms with E-state index in [0.29, 0.717) is 5.56 Å². The monoisotopic (exact) mass is 287 g/mol. The van der Waals surface area contributed by atoms with Crippen molar-refractivity contribution in [2.24, 2.45) is 0 Å². The Kier molecular flexibility index (Phi) is 4.30. The Morgan fingerprint density at radius 1 is 0.773 bits per heavy atom. The maximum absolute atomic E-state index is 10.7. The topological polar surface area (TPSA) is 29.1 Å². The molecule has 108 valence electrons. The fourth-order valence-corrected chi connectivity index (χ4v) is 2.45. The van der Waals surface area contributed by atoms with Gasteiger partial charge in [0.15, 0.2) is 0 Å². The van der Waals surface area contributed by atoms with Gasteiger partial charge in [0, 0.05) is 17.8 Å². The van der Waals surface area contributed by atoms with Gasteiger partial charge in [-0.3, -0.25) is 4.79 Å². The second-order valence-electron chi connectivity index (χ2n) is 5.12. The van der Waals surface area contributed by atoms with Crippen molar-refractivity contribution >= 4 is 12.0 Å². The maximum atomic E-state index is 10.7. The maximum Gasteiger partial charge on any atom is 0.150 e. The minimum atomic E-state index is 0.690. The van der Waals surface area contributed by atoms with Crippen LogP contribution in [0.25, 0.3) is 11.1 Å². The number of benzene rings is 3. The molecule has 3 aromatic rings. The Morgan fingerprint density at radius 3 is 2.18 bits per heavy atom. The largest absolute Gasteiger partial charge is 0.381 e. The summed E-state index contributed by atoms with van der Waals surface area (Å²) in [4.78, 5) is 10.7. The van der Waals surface area contributed by atoms with Crippen molar-refractivity contribution in [2.45, 2.75) is 6.54 Å². The average molecular weight is 287 g/mol. The predicted molar refractivity (Wildman–Crippen MR) is 91.0 cm³/mol. The Hall–Kier alpha value is -2.87. The molecule has 0 saturated carbocycles. The summed E-state index contributed by atoms with van der Waals surface area (Å²) in [6.07, 6.45) is 0.856. The molecular formula is C20H17NO. The fraction of sp³-hybridized carbons (Fsp3) is 0.0500. The Morgan fingerprint density at radius 2 is 1.45 bits per heavy atom. The van der Waals surface area contributed by atoms with Gasteiger partial charge in [-0.2, -0.15) is 0 Å². The molecule has 0 radical (unpaired) electrons. The molecule has 0 heterocycles. The van der Waals surface area contributed by atoms with Crippen LogP contribution >= 0.6 is 0 Å². The lowest BCUT2D eigenvalue weighted by atomic mass is 10.00. The summed E-state index contributed by atoms with van der Waals surface area (Å²) < 4.78 is 0. The first-order chi connectivity index (χ1) is 10.9. The van der Waals surface area contributed by atoms with Crippen LogP contribution in [0.15, 0.2) is 78.9 Å². The van der Waals surface area contributed by atoms with E-state index in [1.165, 1.54) is 16.7 Å². The first-order valence-electron chi connectivity index (χ1n) is 7.29. The van der Waals surface area contributed by atoms with Crippen LogP contribution in [-0.4, -0.2) is 6.29 Å². The second-order valence-corrected chi connectivity index (χ2v) is 5.12. The van der Waals surface area contributed by atoms with E-state index in [9.17, 15) is 4.79 Å². The summed E-state index contributed by atoms with van der Waals surface area (Å²) >= 11 is 0. The Balaban J connectivity index is 1.79. The molecule has 0 aliphatic carbocycles. The molecule has 22 heavy (non-hydrogen) atoms. The van der Waals surface area contributed by atoms with Crippen LogP contribution in [-0.2, 0) is 6.54 Å². The fourth-order valence-electron chi connectivity index (χ4n) is 2.45. The minimum absolute atomic E-state index is 0.690. The van der Waals surface area contributed by atoms with Gasteiger partial charge in [0.05, 0.1) is 0 Å². The van der Waals surface area contributed by atoms with Gasteiger partial charge in [-0.1, -0.05) is 54.6 Å². The number of carbonyl (C=O) groups excluding carboxylic acids is 1. The van der Waals surface area contributed by atoms with Crippen LogP contribution in [0.2, 0.25) is 0 Å². The molecule has 3 rings (SSSR count). The molecule has 0 unspecified atom stereocenters. The number of hydrogen-bond donors (Lipinski definition) is 1. The molecule has 1 N–H and O–H groups in total. The molecule has 0 fully saturated rings. The normalized spacial score (nSPS) is 10.2. The number of carbonyl (C=O) groups is 1. The van der Waals surface area contributed by atoms with E-state index < -0.39 is 0 Å². The van der Waals surface area contributed by atoms with Crippen LogP contribution in [0.4, 0.5) is 5.69 Å². The van der Waals surface area contributed by atoms with Crippen molar-refractivity contribution in [2.75, 3.05) is 5.32 Å². The third kappa shape index (κ3) is 3.23. The molecule has 2 heteroatoms. The lowest BCUT2D eigenvalue weighted by Gasteiger charge is -2.12. The molecule has 0 aliphatic rings. The van der Waals surface area contributed by atoms with E-state index in [1.807, 2.05) is 30.3 Å². The van der Waals surface area contributed by atoms with Crippen LogP contribution in [0.1, 0.15) is 15.9 Å². The van der Waals surface area contributed by atoms with Gasteiger partial charge in [-0.25, -0.2) is 0 Å². The third-order valence-corrected chi connectivity index (χ3v) is 3.63. The minimum Gasteiger partial charge on any atom is -0.381 e. The third-order valence-electron chi connectivity index (χ3n) is 3.63. The standard InChI is InChI=1S/C20H17NO/c22-15-16-10-12-19(13-11-16)21-14-18-8-4-5-9-20(18)17-6-2-1-3-7-17/h1-13,15,21H,14H2. The molecule has 3 aromatic carbocycles. The van der Waals surface area contributed by atoms with E-state index in [-0.39, 0.29) is 0 Å². The van der Waals surface area contributed by atoms with Crippen molar-refractivity contribution in [1.82, 2.24) is 0 Å². The molecule has 0 bridgehead atoms. The summed E-state index contributed by atoms with van der Waals surface area (Å²) in [5, 5.41) is 3.41. The smallest absolute Gasteiger partial charge is 0.150 e. The summed E-state index contributed by atoms with van der Waals surface area (Å²) in [6.45, 7) is 0.742. The molecule has 0 saturated heterocycles. The molecule has 2 nitrogen and oxygen atoms in total. The highest BCUT2D eigenvalue weighted by Gasteiger charge is 2.04. The second kappa shape index (κ2) is 6.72. The van der Waals surface area contributed by atoms with Crippen LogP contribution in [0.3, 0.4) is 0 Å². The molecule has 0 atom stereocenters. The van der Waals surface area contributed by atoms with Crippen molar-refractivity contribution < 1.29 is 4.79 Å². The van der Waals surface area contributed by atoms with E-state index in [0.717, 1.165) is 18.5 Å². The van der Waals surface area contributed by atoms with Crippen LogP contribution < -0.4 is 5.32 Å². The SMILES string of the molecule is O=Cc1ccc(NCc2ccccc2-c2ccccc2)cc1. The lowest BCUT2D eigenvalue weighted by Crippen LogP contribution is -2.01. The summed E-state index contributed by atoms with van der Waals surface area (Å²) in [6, 6.07) is 26.3. The molecule has 0 aromatic heterocycles. The lowest BCUT2D eigenvalue weighted by molar-refractivity contribution is 0.112.